The van der Waals surface area contributed by atoms with Crippen LogP contribution in [-0.2, 0) is 9.53 Å². The Morgan fingerprint density at radius 3 is 2.74 bits per heavy atom. The molecule has 0 spiro atoms. The number of hydrogen-bond donors (Lipinski definition) is 1. The van der Waals surface area contributed by atoms with Crippen molar-refractivity contribution in [2.45, 2.75) is 0 Å². The molecule has 0 unspecified atom stereocenters. The predicted octanol–water partition coefficient (Wildman–Crippen LogP) is 3.50. The summed E-state index contributed by atoms with van der Waals surface area (Å²) in [5.41, 5.74) is 1.48. The smallest absolute Gasteiger partial charge is 0.360 e. The van der Waals surface area contributed by atoms with Crippen molar-refractivity contribution in [3.63, 3.8) is 0 Å². The van der Waals surface area contributed by atoms with Crippen molar-refractivity contribution in [2.75, 3.05) is 7.11 Å². The van der Waals surface area contributed by atoms with Gasteiger partial charge >= 0.3 is 5.97 Å². The van der Waals surface area contributed by atoms with E-state index in [4.69, 9.17) is 21.2 Å². The van der Waals surface area contributed by atoms with Crippen molar-refractivity contribution in [2.24, 2.45) is 5.16 Å². The molecule has 0 atom stereocenters. The fourth-order valence-electron chi connectivity index (χ4n) is 2.19. The van der Waals surface area contributed by atoms with E-state index in [1.54, 1.807) is 36.4 Å². The number of fused-ring (bicyclic) bond motifs is 1. The van der Waals surface area contributed by atoms with Crippen LogP contribution in [0, 0.1) is 0 Å². The van der Waals surface area contributed by atoms with Crippen molar-refractivity contribution in [3.05, 3.63) is 53.1 Å². The predicted molar refractivity (Wildman–Crippen MR) is 84.8 cm³/mol. The third-order valence-corrected chi connectivity index (χ3v) is 3.59. The van der Waals surface area contributed by atoms with Gasteiger partial charge in [-0.15, -0.1) is 0 Å². The van der Waals surface area contributed by atoms with Crippen LogP contribution in [0.3, 0.4) is 0 Å². The Kier molecular flexibility index (Phi) is 3.99. The van der Waals surface area contributed by atoms with Crippen molar-refractivity contribution < 1.29 is 19.2 Å². The van der Waals surface area contributed by atoms with Crippen LogP contribution in [0.1, 0.15) is 5.56 Å². The summed E-state index contributed by atoms with van der Waals surface area (Å²) in [4.78, 5) is 16.1. The van der Waals surface area contributed by atoms with E-state index in [0.717, 1.165) is 0 Å². The first-order valence-electron chi connectivity index (χ1n) is 6.61. The minimum absolute atomic E-state index is 0.253. The van der Waals surface area contributed by atoms with Crippen molar-refractivity contribution in [1.82, 2.24) is 4.98 Å². The van der Waals surface area contributed by atoms with E-state index in [-0.39, 0.29) is 5.71 Å². The molecule has 0 saturated carbocycles. The second kappa shape index (κ2) is 6.10. The van der Waals surface area contributed by atoms with Gasteiger partial charge in [0.05, 0.1) is 17.7 Å². The Labute approximate surface area is 136 Å². The van der Waals surface area contributed by atoms with Crippen LogP contribution in [0.2, 0.25) is 5.02 Å². The first kappa shape index (κ1) is 15.1. The quantitative estimate of drug-likeness (QED) is 0.344. The van der Waals surface area contributed by atoms with Crippen LogP contribution >= 0.6 is 11.6 Å². The average molecular weight is 331 g/mol. The Morgan fingerprint density at radius 2 is 2.04 bits per heavy atom. The number of halogens is 1. The molecule has 1 N–H and O–H groups in total. The van der Waals surface area contributed by atoms with Crippen LogP contribution in [0.15, 0.2) is 52.0 Å². The molecule has 0 amide bonds. The first-order chi connectivity index (χ1) is 11.2. The van der Waals surface area contributed by atoms with Gasteiger partial charge in [-0.2, -0.15) is 0 Å². The molecule has 0 saturated heterocycles. The third kappa shape index (κ3) is 2.64. The molecule has 3 aromatic rings. The molecule has 0 radical (unpaired) electrons. The first-order valence-corrected chi connectivity index (χ1v) is 6.98. The number of ether oxygens (including phenoxy) is 1. The molecule has 0 fully saturated rings. The second-order valence-electron chi connectivity index (χ2n) is 4.59. The topological polar surface area (TPSA) is 84.9 Å². The zero-order valence-corrected chi connectivity index (χ0v) is 12.7. The lowest BCUT2D eigenvalue weighted by Gasteiger charge is -2.02. The highest BCUT2D eigenvalue weighted by Crippen LogP contribution is 2.31. The maximum absolute atomic E-state index is 11.7. The van der Waals surface area contributed by atoms with Gasteiger partial charge in [-0.05, 0) is 24.3 Å². The molecule has 1 aromatic heterocycles. The van der Waals surface area contributed by atoms with E-state index in [1.165, 1.54) is 7.11 Å². The van der Waals surface area contributed by atoms with Gasteiger partial charge in [0.15, 0.2) is 11.3 Å². The molecule has 6 nitrogen and oxygen atoms in total. The number of para-hydroxylation sites is 1. The maximum atomic E-state index is 11.7. The van der Waals surface area contributed by atoms with Gasteiger partial charge in [0.1, 0.15) is 5.52 Å². The molecule has 0 bridgehead atoms. The molecule has 23 heavy (non-hydrogen) atoms. The molecule has 2 aromatic carbocycles. The van der Waals surface area contributed by atoms with Gasteiger partial charge in [0, 0.05) is 5.56 Å². The van der Waals surface area contributed by atoms with Crippen LogP contribution in [0.5, 0.6) is 0 Å². The summed E-state index contributed by atoms with van der Waals surface area (Å²) in [7, 11) is 1.20. The van der Waals surface area contributed by atoms with Gasteiger partial charge in [0.25, 0.3) is 0 Å². The molecular formula is C16H11ClN2O4. The summed E-state index contributed by atoms with van der Waals surface area (Å²) < 4.78 is 10.3. The molecule has 3 rings (SSSR count). The number of methoxy groups -OCH3 is 1. The SMILES string of the molecule is COC(=O)C(=NO)c1cccc2oc(-c3ccccc3Cl)nc12. The van der Waals surface area contributed by atoms with E-state index >= 15 is 0 Å². The lowest BCUT2D eigenvalue weighted by molar-refractivity contribution is -0.132. The Morgan fingerprint density at radius 1 is 1.26 bits per heavy atom. The number of carbonyl (C=O) groups excluding carboxylic acids is 1. The number of hydrogen-bond acceptors (Lipinski definition) is 6. The van der Waals surface area contributed by atoms with Crippen LogP contribution in [-0.4, -0.2) is 29.0 Å². The average Bonchev–Trinajstić information content (AvgIpc) is 3.00. The van der Waals surface area contributed by atoms with E-state index in [2.05, 4.69) is 14.9 Å². The van der Waals surface area contributed by atoms with Gasteiger partial charge in [-0.1, -0.05) is 35.0 Å². The molecule has 1 heterocycles. The summed E-state index contributed by atoms with van der Waals surface area (Å²) >= 11 is 6.15. The van der Waals surface area contributed by atoms with Crippen molar-refractivity contribution in [1.29, 1.82) is 0 Å². The second-order valence-corrected chi connectivity index (χ2v) is 5.00. The Balaban J connectivity index is 2.20. The molecule has 7 heteroatoms. The van der Waals surface area contributed by atoms with E-state index in [9.17, 15) is 4.79 Å². The fraction of sp³-hybridized carbons (Fsp3) is 0.0625. The number of oxime groups is 1. The van der Waals surface area contributed by atoms with Crippen LogP contribution in [0.25, 0.3) is 22.6 Å². The number of carbonyl (C=O) groups is 1. The van der Waals surface area contributed by atoms with Gasteiger partial charge < -0.3 is 14.4 Å². The highest BCUT2D eigenvalue weighted by Gasteiger charge is 2.21. The minimum atomic E-state index is -0.776. The highest BCUT2D eigenvalue weighted by molar-refractivity contribution is 6.45. The third-order valence-electron chi connectivity index (χ3n) is 3.26. The highest BCUT2D eigenvalue weighted by atomic mass is 35.5. The standard InChI is InChI=1S/C16H11ClN2O4/c1-22-16(20)14(19-21)10-6-4-8-12-13(10)18-15(23-12)9-5-2-3-7-11(9)17/h2-8,21H,1H3. The minimum Gasteiger partial charge on any atom is -0.464 e. The molecule has 0 aliphatic heterocycles. The number of nitrogens with zero attached hydrogens (tertiary/aromatic N) is 2. The molecular weight excluding hydrogens is 320 g/mol. The lowest BCUT2D eigenvalue weighted by Crippen LogP contribution is -2.17. The zero-order chi connectivity index (χ0) is 16.4. The summed E-state index contributed by atoms with van der Waals surface area (Å²) in [5, 5.41) is 12.6. The van der Waals surface area contributed by atoms with Crippen molar-refractivity contribution >= 4 is 34.4 Å². The van der Waals surface area contributed by atoms with Crippen molar-refractivity contribution in [3.8, 4) is 11.5 Å². The lowest BCUT2D eigenvalue weighted by atomic mass is 10.1. The summed E-state index contributed by atoms with van der Waals surface area (Å²) in [6.07, 6.45) is 0. The van der Waals surface area contributed by atoms with Crippen LogP contribution in [0.4, 0.5) is 0 Å². The number of rotatable bonds is 3. The van der Waals surface area contributed by atoms with Gasteiger partial charge in [0.2, 0.25) is 5.89 Å². The largest absolute Gasteiger partial charge is 0.464 e. The normalized spacial score (nSPS) is 11.7. The number of esters is 1. The number of aromatic nitrogens is 1. The van der Waals surface area contributed by atoms with E-state index in [0.29, 0.717) is 33.1 Å². The monoisotopic (exact) mass is 330 g/mol. The molecule has 116 valence electrons. The summed E-state index contributed by atoms with van der Waals surface area (Å²) in [6, 6.07) is 12.1. The zero-order valence-electron chi connectivity index (χ0n) is 12.0. The fourth-order valence-corrected chi connectivity index (χ4v) is 2.41. The number of benzene rings is 2. The molecule has 0 aliphatic rings. The van der Waals surface area contributed by atoms with Crippen LogP contribution < -0.4 is 0 Å². The summed E-state index contributed by atoms with van der Waals surface area (Å²) in [5.74, 6) is -0.470. The molecule has 0 aliphatic carbocycles. The summed E-state index contributed by atoms with van der Waals surface area (Å²) in [6.45, 7) is 0. The maximum Gasteiger partial charge on any atom is 0.360 e. The Bertz CT molecular complexity index is 917. The Hall–Kier alpha value is -2.86. The van der Waals surface area contributed by atoms with E-state index in [1.807, 2.05) is 6.07 Å². The van der Waals surface area contributed by atoms with Gasteiger partial charge in [-0.25, -0.2) is 9.78 Å². The van der Waals surface area contributed by atoms with Gasteiger partial charge in [-0.3, -0.25) is 0 Å². The van der Waals surface area contributed by atoms with E-state index < -0.39 is 5.97 Å². The number of oxazole rings is 1.